The van der Waals surface area contributed by atoms with Gasteiger partial charge in [0.1, 0.15) is 6.04 Å². The summed E-state index contributed by atoms with van der Waals surface area (Å²) in [7, 11) is 0. The van der Waals surface area contributed by atoms with Gasteiger partial charge in [0, 0.05) is 34.9 Å². The van der Waals surface area contributed by atoms with Gasteiger partial charge in [-0.05, 0) is 53.7 Å². The van der Waals surface area contributed by atoms with Crippen molar-refractivity contribution in [2.75, 3.05) is 23.4 Å². The summed E-state index contributed by atoms with van der Waals surface area (Å²) in [6, 6.07) is 3.88. The van der Waals surface area contributed by atoms with Crippen LogP contribution in [0.3, 0.4) is 0 Å². The topological polar surface area (TPSA) is 78.6 Å². The average molecular weight is 354 g/mol. The highest BCUT2D eigenvalue weighted by Gasteiger charge is 2.31. The van der Waals surface area contributed by atoms with Gasteiger partial charge < -0.3 is 21.1 Å². The van der Waals surface area contributed by atoms with Crippen LogP contribution in [0.5, 0.6) is 0 Å². The Labute approximate surface area is 132 Å². The van der Waals surface area contributed by atoms with E-state index in [0.717, 1.165) is 34.4 Å². The fourth-order valence-corrected chi connectivity index (χ4v) is 3.54. The molecule has 4 N–H and O–H groups in total. The Kier molecular flexibility index (Phi) is 4.19. The predicted octanol–water partition coefficient (Wildman–Crippen LogP) is 2.14. The first kappa shape index (κ1) is 14.8. The highest BCUT2D eigenvalue weighted by Crippen LogP contribution is 2.41. The Morgan fingerprint density at radius 2 is 2.19 bits per heavy atom. The van der Waals surface area contributed by atoms with Crippen LogP contribution in [0.15, 0.2) is 16.6 Å². The molecule has 1 unspecified atom stereocenters. The zero-order valence-electron chi connectivity index (χ0n) is 11.8. The zero-order valence-corrected chi connectivity index (χ0v) is 13.4. The second-order valence-corrected chi connectivity index (χ2v) is 6.57. The summed E-state index contributed by atoms with van der Waals surface area (Å²) >= 11 is 3.61. The van der Waals surface area contributed by atoms with Gasteiger partial charge >= 0.3 is 0 Å². The zero-order chi connectivity index (χ0) is 15.0. The summed E-state index contributed by atoms with van der Waals surface area (Å²) < 4.78 is 0.957. The van der Waals surface area contributed by atoms with Crippen molar-refractivity contribution < 1.29 is 9.90 Å². The van der Waals surface area contributed by atoms with E-state index in [1.54, 1.807) is 0 Å². The molecule has 0 aromatic heterocycles. The van der Waals surface area contributed by atoms with Crippen molar-refractivity contribution in [2.45, 2.75) is 37.8 Å². The maximum Gasteiger partial charge on any atom is 0.245 e. The number of aliphatic hydroxyl groups is 1. The predicted molar refractivity (Wildman–Crippen MR) is 86.4 cm³/mol. The van der Waals surface area contributed by atoms with Crippen LogP contribution in [0.4, 0.5) is 11.4 Å². The second-order valence-electron chi connectivity index (χ2n) is 5.71. The highest BCUT2D eigenvalue weighted by atomic mass is 79.9. The number of hydrogen-bond acceptors (Lipinski definition) is 4. The van der Waals surface area contributed by atoms with E-state index >= 15 is 0 Å². The van der Waals surface area contributed by atoms with Crippen LogP contribution in [0.2, 0.25) is 0 Å². The molecule has 1 fully saturated rings. The molecular weight excluding hydrogens is 334 g/mol. The number of carbonyl (C=O) groups is 1. The van der Waals surface area contributed by atoms with Gasteiger partial charge in [0.05, 0.1) is 5.69 Å². The van der Waals surface area contributed by atoms with Crippen molar-refractivity contribution in [2.24, 2.45) is 5.73 Å². The van der Waals surface area contributed by atoms with Gasteiger partial charge in [-0.25, -0.2) is 0 Å². The average Bonchev–Trinajstić information content (AvgIpc) is 2.67. The third-order valence-corrected chi connectivity index (χ3v) is 5.01. The maximum atomic E-state index is 11.7. The first-order valence-corrected chi connectivity index (χ1v) is 8.18. The van der Waals surface area contributed by atoms with Crippen LogP contribution in [0.1, 0.15) is 37.3 Å². The minimum Gasteiger partial charge on any atom is -0.396 e. The lowest BCUT2D eigenvalue weighted by Gasteiger charge is -2.40. The van der Waals surface area contributed by atoms with Crippen molar-refractivity contribution in [3.63, 3.8) is 0 Å². The molecule has 1 atom stereocenters. The normalized spacial score (nSPS) is 20.9. The van der Waals surface area contributed by atoms with Crippen LogP contribution >= 0.6 is 15.9 Å². The van der Waals surface area contributed by atoms with Crippen LogP contribution in [-0.2, 0) is 4.79 Å². The SMILES string of the molecule is NC1C(=O)Nc2cc(N(CCCO)C3CCC3)c(Br)cc21. The molecule has 2 aliphatic rings. The molecule has 1 aliphatic heterocycles. The molecule has 0 saturated heterocycles. The van der Waals surface area contributed by atoms with Gasteiger partial charge in [-0.15, -0.1) is 0 Å². The highest BCUT2D eigenvalue weighted by molar-refractivity contribution is 9.10. The molecule has 1 saturated carbocycles. The molecule has 0 radical (unpaired) electrons. The molecule has 1 amide bonds. The van der Waals surface area contributed by atoms with Crippen LogP contribution in [-0.4, -0.2) is 30.2 Å². The number of hydrogen-bond donors (Lipinski definition) is 3. The van der Waals surface area contributed by atoms with Crippen molar-refractivity contribution in [1.82, 2.24) is 0 Å². The smallest absolute Gasteiger partial charge is 0.245 e. The summed E-state index contributed by atoms with van der Waals surface area (Å²) in [4.78, 5) is 14.0. The van der Waals surface area contributed by atoms with Gasteiger partial charge in [-0.1, -0.05) is 0 Å². The summed E-state index contributed by atoms with van der Waals surface area (Å²) in [6.07, 6.45) is 4.36. The minimum absolute atomic E-state index is 0.153. The third-order valence-electron chi connectivity index (χ3n) is 4.38. The molecule has 6 heteroatoms. The molecule has 1 aliphatic carbocycles. The van der Waals surface area contributed by atoms with E-state index in [1.165, 1.54) is 19.3 Å². The molecule has 1 aromatic rings. The number of amides is 1. The number of nitrogens with two attached hydrogens (primary N) is 1. The van der Waals surface area contributed by atoms with Gasteiger partial charge in [-0.2, -0.15) is 0 Å². The first-order chi connectivity index (χ1) is 10.1. The summed E-state index contributed by atoms with van der Waals surface area (Å²) in [5, 5.41) is 12.0. The summed E-state index contributed by atoms with van der Waals surface area (Å²) in [5.74, 6) is -0.153. The third kappa shape index (κ3) is 2.67. The van der Waals surface area contributed by atoms with E-state index in [9.17, 15) is 4.79 Å². The molecule has 1 aromatic carbocycles. The van der Waals surface area contributed by atoms with E-state index in [2.05, 4.69) is 26.1 Å². The number of fused-ring (bicyclic) bond motifs is 1. The van der Waals surface area contributed by atoms with Gasteiger partial charge in [0.25, 0.3) is 0 Å². The van der Waals surface area contributed by atoms with Gasteiger partial charge in [0.15, 0.2) is 0 Å². The number of rotatable bonds is 5. The number of anilines is 2. The monoisotopic (exact) mass is 353 g/mol. The molecule has 5 nitrogen and oxygen atoms in total. The Morgan fingerprint density at radius 1 is 1.43 bits per heavy atom. The van der Waals surface area contributed by atoms with Crippen LogP contribution in [0.25, 0.3) is 0 Å². The minimum atomic E-state index is -0.583. The molecule has 0 spiro atoms. The van der Waals surface area contributed by atoms with Gasteiger partial charge in [0.2, 0.25) is 5.91 Å². The van der Waals surface area contributed by atoms with Crippen molar-refractivity contribution >= 4 is 33.2 Å². The lowest BCUT2D eigenvalue weighted by molar-refractivity contribution is -0.116. The van der Waals surface area contributed by atoms with Crippen LogP contribution in [0, 0.1) is 0 Å². The fraction of sp³-hybridized carbons (Fsp3) is 0.533. The van der Waals surface area contributed by atoms with E-state index in [0.29, 0.717) is 6.04 Å². The lowest BCUT2D eigenvalue weighted by atomic mass is 9.90. The molecule has 3 rings (SSSR count). The van der Waals surface area contributed by atoms with E-state index in [-0.39, 0.29) is 12.5 Å². The quantitative estimate of drug-likeness (QED) is 0.757. The molecule has 114 valence electrons. The molecule has 0 bridgehead atoms. The Balaban J connectivity index is 1.93. The number of nitrogens with one attached hydrogen (secondary N) is 1. The van der Waals surface area contributed by atoms with Crippen molar-refractivity contribution in [3.05, 3.63) is 22.2 Å². The van der Waals surface area contributed by atoms with Gasteiger partial charge in [-0.3, -0.25) is 4.79 Å². The summed E-state index contributed by atoms with van der Waals surface area (Å²) in [5.41, 5.74) is 8.60. The lowest BCUT2D eigenvalue weighted by Crippen LogP contribution is -2.41. The standard InChI is InChI=1S/C15H20BrN3O2/c16-11-7-10-12(18-15(21)14(10)17)8-13(11)19(5-2-6-20)9-3-1-4-9/h7-9,14,20H,1-6,17H2,(H,18,21). The Bertz CT molecular complexity index is 560. The van der Waals surface area contributed by atoms with Crippen molar-refractivity contribution in [1.29, 1.82) is 0 Å². The number of benzene rings is 1. The number of halogens is 1. The van der Waals surface area contributed by atoms with E-state index in [4.69, 9.17) is 10.8 Å². The second kappa shape index (κ2) is 5.94. The maximum absolute atomic E-state index is 11.7. The largest absolute Gasteiger partial charge is 0.396 e. The van der Waals surface area contributed by atoms with Crippen LogP contribution < -0.4 is 16.0 Å². The Hall–Kier alpha value is -1.11. The Morgan fingerprint density at radius 3 is 2.81 bits per heavy atom. The molecule has 21 heavy (non-hydrogen) atoms. The molecule has 1 heterocycles. The first-order valence-electron chi connectivity index (χ1n) is 7.39. The number of carbonyl (C=O) groups excluding carboxylic acids is 1. The summed E-state index contributed by atoms with van der Waals surface area (Å²) in [6.45, 7) is 1.01. The number of nitrogens with zero attached hydrogens (tertiary/aromatic N) is 1. The van der Waals surface area contributed by atoms with E-state index < -0.39 is 6.04 Å². The van der Waals surface area contributed by atoms with E-state index in [1.807, 2.05) is 12.1 Å². The number of aliphatic hydroxyl groups excluding tert-OH is 1. The molecular formula is C15H20BrN3O2. The fourth-order valence-electron chi connectivity index (χ4n) is 2.95. The van der Waals surface area contributed by atoms with Crippen molar-refractivity contribution in [3.8, 4) is 0 Å².